The van der Waals surface area contributed by atoms with Crippen molar-refractivity contribution < 1.29 is 14.2 Å². The Balaban J connectivity index is 0.000000583. The molecule has 0 aromatic carbocycles. The molecule has 2 saturated heterocycles. The van der Waals surface area contributed by atoms with Gasteiger partial charge in [0.25, 0.3) is 0 Å². The van der Waals surface area contributed by atoms with E-state index in [9.17, 15) is 0 Å². The van der Waals surface area contributed by atoms with Crippen LogP contribution in [0, 0.1) is 17.8 Å². The van der Waals surface area contributed by atoms with Crippen LogP contribution in [0.15, 0.2) is 0 Å². The summed E-state index contributed by atoms with van der Waals surface area (Å²) < 4.78 is 16.6. The number of hydrogen-bond donors (Lipinski definition) is 2. The molecular formula is C29H64N4O3. The van der Waals surface area contributed by atoms with Gasteiger partial charge in [-0.25, -0.2) is 0 Å². The number of hydrogen-bond acceptors (Lipinski definition) is 7. The molecule has 36 heavy (non-hydrogen) atoms. The molecule has 2 aliphatic rings. The van der Waals surface area contributed by atoms with E-state index in [1.807, 2.05) is 7.05 Å². The second kappa shape index (κ2) is 25.0. The average Bonchev–Trinajstić information content (AvgIpc) is 2.83. The van der Waals surface area contributed by atoms with Gasteiger partial charge in [0.15, 0.2) is 0 Å². The summed E-state index contributed by atoms with van der Waals surface area (Å²) in [4.78, 5) is 4.95. The molecule has 2 fully saturated rings. The third-order valence-electron chi connectivity index (χ3n) is 6.02. The molecule has 0 bridgehead atoms. The van der Waals surface area contributed by atoms with Crippen LogP contribution in [0.25, 0.3) is 0 Å². The van der Waals surface area contributed by atoms with E-state index in [1.165, 1.54) is 19.4 Å². The summed E-state index contributed by atoms with van der Waals surface area (Å²) in [5.74, 6) is 2.34. The van der Waals surface area contributed by atoms with E-state index in [4.69, 9.17) is 14.2 Å². The molecule has 0 aliphatic carbocycles. The molecule has 2 N–H and O–H groups in total. The van der Waals surface area contributed by atoms with Crippen LogP contribution in [0.4, 0.5) is 0 Å². The number of ether oxygens (including phenoxy) is 3. The van der Waals surface area contributed by atoms with Crippen LogP contribution in [-0.4, -0.2) is 115 Å². The Bertz CT molecular complexity index is 446. The molecule has 2 heterocycles. The summed E-state index contributed by atoms with van der Waals surface area (Å²) in [5.41, 5.74) is 0. The predicted octanol–water partition coefficient (Wildman–Crippen LogP) is 3.98. The first-order valence-corrected chi connectivity index (χ1v) is 14.8. The van der Waals surface area contributed by atoms with Crippen molar-refractivity contribution in [3.05, 3.63) is 0 Å². The van der Waals surface area contributed by atoms with Crippen LogP contribution in [0.1, 0.15) is 67.7 Å². The number of nitrogens with one attached hydrogen (secondary N) is 2. The van der Waals surface area contributed by atoms with Crippen molar-refractivity contribution in [1.29, 1.82) is 0 Å². The van der Waals surface area contributed by atoms with Crippen molar-refractivity contribution in [2.24, 2.45) is 17.8 Å². The summed E-state index contributed by atoms with van der Waals surface area (Å²) in [6.07, 6.45) is 4.14. The van der Waals surface area contributed by atoms with Crippen LogP contribution in [0.2, 0.25) is 0 Å². The van der Waals surface area contributed by atoms with E-state index in [0.717, 1.165) is 104 Å². The normalized spacial score (nSPS) is 19.2. The molecular weight excluding hydrogens is 452 g/mol. The highest BCUT2D eigenvalue weighted by Crippen LogP contribution is 2.06. The lowest BCUT2D eigenvalue weighted by molar-refractivity contribution is -0.0349. The minimum Gasteiger partial charge on any atom is -0.380 e. The minimum atomic E-state index is 0.337. The highest BCUT2D eigenvalue weighted by Gasteiger charge is 2.19. The Kier molecular flexibility index (Phi) is 24.8. The van der Waals surface area contributed by atoms with E-state index < -0.39 is 0 Å². The van der Waals surface area contributed by atoms with Gasteiger partial charge in [0, 0.05) is 45.9 Å². The van der Waals surface area contributed by atoms with Crippen molar-refractivity contribution in [1.82, 2.24) is 20.4 Å². The van der Waals surface area contributed by atoms with Gasteiger partial charge in [-0.1, -0.05) is 48.5 Å². The van der Waals surface area contributed by atoms with E-state index in [1.54, 1.807) is 0 Å². The molecule has 0 saturated carbocycles. The van der Waals surface area contributed by atoms with Gasteiger partial charge in [0.05, 0.1) is 32.5 Å². The highest BCUT2D eigenvalue weighted by molar-refractivity contribution is 4.73. The molecule has 0 aromatic rings. The predicted molar refractivity (Wildman–Crippen MR) is 155 cm³/mol. The van der Waals surface area contributed by atoms with Gasteiger partial charge in [-0.2, -0.15) is 0 Å². The third-order valence-corrected chi connectivity index (χ3v) is 6.02. The molecule has 1 unspecified atom stereocenters. The smallest absolute Gasteiger partial charge is 0.0826 e. The Morgan fingerprint density at radius 3 is 2.06 bits per heavy atom. The first kappa shape index (κ1) is 35.7. The van der Waals surface area contributed by atoms with Gasteiger partial charge in [-0.3, -0.25) is 9.80 Å². The summed E-state index contributed by atoms with van der Waals surface area (Å²) in [6, 6.07) is 0. The molecule has 2 rings (SSSR count). The maximum Gasteiger partial charge on any atom is 0.0826 e. The summed E-state index contributed by atoms with van der Waals surface area (Å²) >= 11 is 0. The Morgan fingerprint density at radius 2 is 1.50 bits per heavy atom. The standard InChI is InChI=1S/C14H30N2O2.C10H21NO.C5H13N/c1-4-7-17-8-5-16-6-9-18-14(12-16)11-15-10-13(2)3;1-10(2)4-3-5-11-6-8-12-9-7-11;1-5(2)4-6-3/h13-15H,4-12H2,1-3H3;10H,3-9H2,1-2H3;5-6H,4H2,1-3H3. The Labute approximate surface area is 225 Å². The Morgan fingerprint density at radius 1 is 0.833 bits per heavy atom. The molecule has 7 heteroatoms. The average molecular weight is 517 g/mol. The van der Waals surface area contributed by atoms with E-state index in [-0.39, 0.29) is 0 Å². The summed E-state index contributed by atoms with van der Waals surface area (Å²) in [6.45, 7) is 29.8. The first-order chi connectivity index (χ1) is 17.3. The maximum absolute atomic E-state index is 5.77. The zero-order valence-electron chi connectivity index (χ0n) is 25.4. The minimum absolute atomic E-state index is 0.337. The zero-order chi connectivity index (χ0) is 27.0. The van der Waals surface area contributed by atoms with E-state index in [0.29, 0.717) is 12.0 Å². The van der Waals surface area contributed by atoms with Gasteiger partial charge in [-0.05, 0) is 63.7 Å². The fourth-order valence-corrected chi connectivity index (χ4v) is 4.04. The van der Waals surface area contributed by atoms with Crippen molar-refractivity contribution >= 4 is 0 Å². The summed E-state index contributed by atoms with van der Waals surface area (Å²) in [5, 5.41) is 6.54. The van der Waals surface area contributed by atoms with Gasteiger partial charge < -0.3 is 24.8 Å². The van der Waals surface area contributed by atoms with E-state index >= 15 is 0 Å². The SMILES string of the molecule is CC(C)CCCN1CCOCC1.CCCOCCN1CCOC(CNCC(C)C)C1.CNCC(C)C. The van der Waals surface area contributed by atoms with Gasteiger partial charge in [0.2, 0.25) is 0 Å². The fraction of sp³-hybridized carbons (Fsp3) is 1.00. The van der Waals surface area contributed by atoms with E-state index in [2.05, 4.69) is 68.9 Å². The molecule has 7 nitrogen and oxygen atoms in total. The maximum atomic E-state index is 5.77. The summed E-state index contributed by atoms with van der Waals surface area (Å²) in [7, 11) is 1.97. The topological polar surface area (TPSA) is 58.2 Å². The van der Waals surface area contributed by atoms with Crippen LogP contribution in [0.5, 0.6) is 0 Å². The Hall–Kier alpha value is -0.280. The number of rotatable bonds is 15. The van der Waals surface area contributed by atoms with Gasteiger partial charge >= 0.3 is 0 Å². The van der Waals surface area contributed by atoms with Gasteiger partial charge in [-0.15, -0.1) is 0 Å². The molecule has 218 valence electrons. The number of morpholine rings is 2. The largest absolute Gasteiger partial charge is 0.380 e. The lowest BCUT2D eigenvalue weighted by atomic mass is 10.1. The lowest BCUT2D eigenvalue weighted by Gasteiger charge is -2.33. The molecule has 1 atom stereocenters. The van der Waals surface area contributed by atoms with Crippen molar-refractivity contribution in [3.8, 4) is 0 Å². The molecule has 0 amide bonds. The third kappa shape index (κ3) is 24.1. The first-order valence-electron chi connectivity index (χ1n) is 14.8. The molecule has 0 aromatic heterocycles. The van der Waals surface area contributed by atoms with Crippen molar-refractivity contribution in [2.75, 3.05) is 99.0 Å². The number of nitrogens with zero attached hydrogens (tertiary/aromatic N) is 2. The second-order valence-electron chi connectivity index (χ2n) is 11.4. The molecule has 0 spiro atoms. The van der Waals surface area contributed by atoms with Gasteiger partial charge in [0.1, 0.15) is 0 Å². The van der Waals surface area contributed by atoms with Crippen molar-refractivity contribution in [2.45, 2.75) is 73.8 Å². The second-order valence-corrected chi connectivity index (χ2v) is 11.4. The highest BCUT2D eigenvalue weighted by atomic mass is 16.5. The zero-order valence-corrected chi connectivity index (χ0v) is 25.4. The van der Waals surface area contributed by atoms with Crippen LogP contribution < -0.4 is 10.6 Å². The lowest BCUT2D eigenvalue weighted by Crippen LogP contribution is -2.47. The molecule has 0 radical (unpaired) electrons. The van der Waals surface area contributed by atoms with Crippen LogP contribution >= 0.6 is 0 Å². The van der Waals surface area contributed by atoms with Crippen molar-refractivity contribution in [3.63, 3.8) is 0 Å². The van der Waals surface area contributed by atoms with Crippen LogP contribution in [-0.2, 0) is 14.2 Å². The monoisotopic (exact) mass is 516 g/mol. The molecule has 2 aliphatic heterocycles. The quantitative estimate of drug-likeness (QED) is 0.319. The van der Waals surface area contributed by atoms with Crippen LogP contribution in [0.3, 0.4) is 0 Å². The fourth-order valence-electron chi connectivity index (χ4n) is 4.04.